The Kier molecular flexibility index (Phi) is 5.01. The summed E-state index contributed by atoms with van der Waals surface area (Å²) >= 11 is 0. The number of nitrogens with zero attached hydrogens (tertiary/aromatic N) is 2. The third-order valence-electron chi connectivity index (χ3n) is 3.52. The number of halogens is 4. The highest BCUT2D eigenvalue weighted by molar-refractivity contribution is 5.59. The Bertz CT molecular complexity index is 879. The minimum absolute atomic E-state index is 0.267. The van der Waals surface area contributed by atoms with Gasteiger partial charge in [-0.05, 0) is 35.9 Å². The molecule has 2 aromatic carbocycles. The first-order valence-corrected chi connectivity index (χ1v) is 7.65. The summed E-state index contributed by atoms with van der Waals surface area (Å²) in [4.78, 5) is 8.05. The molecule has 0 aliphatic carbocycles. The predicted octanol–water partition coefficient (Wildman–Crippen LogP) is 4.99. The molecule has 26 heavy (non-hydrogen) atoms. The zero-order chi connectivity index (χ0) is 18.6. The van der Waals surface area contributed by atoms with Crippen LogP contribution in [0, 0.1) is 5.82 Å². The van der Waals surface area contributed by atoms with Crippen LogP contribution in [0.15, 0.2) is 60.9 Å². The maximum Gasteiger partial charge on any atom is 0.416 e. The van der Waals surface area contributed by atoms with Crippen molar-refractivity contribution in [1.82, 2.24) is 9.97 Å². The van der Waals surface area contributed by atoms with Crippen LogP contribution in [-0.2, 0) is 12.7 Å². The minimum Gasteiger partial charge on any atom is -0.366 e. The van der Waals surface area contributed by atoms with Gasteiger partial charge >= 0.3 is 6.18 Å². The van der Waals surface area contributed by atoms with E-state index in [2.05, 4.69) is 20.6 Å². The fourth-order valence-electron chi connectivity index (χ4n) is 2.24. The topological polar surface area (TPSA) is 49.8 Å². The van der Waals surface area contributed by atoms with Crippen LogP contribution in [0.3, 0.4) is 0 Å². The van der Waals surface area contributed by atoms with E-state index in [0.29, 0.717) is 18.2 Å². The van der Waals surface area contributed by atoms with Crippen LogP contribution in [-0.4, -0.2) is 9.97 Å². The summed E-state index contributed by atoms with van der Waals surface area (Å²) in [6.45, 7) is 0.417. The molecule has 3 aromatic rings. The molecule has 0 saturated carbocycles. The molecule has 0 saturated heterocycles. The van der Waals surface area contributed by atoms with Gasteiger partial charge < -0.3 is 10.6 Å². The lowest BCUT2D eigenvalue weighted by molar-refractivity contribution is -0.137. The van der Waals surface area contributed by atoms with Gasteiger partial charge in [0.05, 0.1) is 5.56 Å². The van der Waals surface area contributed by atoms with Crippen LogP contribution in [0.5, 0.6) is 0 Å². The maximum absolute atomic E-state index is 12.9. The number of rotatable bonds is 5. The van der Waals surface area contributed by atoms with Crippen molar-refractivity contribution in [2.24, 2.45) is 0 Å². The van der Waals surface area contributed by atoms with Crippen molar-refractivity contribution in [3.8, 4) is 0 Å². The Morgan fingerprint density at radius 2 is 1.62 bits per heavy atom. The average Bonchev–Trinajstić information content (AvgIpc) is 2.61. The van der Waals surface area contributed by atoms with Gasteiger partial charge in [0.1, 0.15) is 23.8 Å². The molecule has 0 atom stereocenters. The van der Waals surface area contributed by atoms with Gasteiger partial charge in [0.25, 0.3) is 0 Å². The third kappa shape index (κ3) is 4.69. The maximum atomic E-state index is 12.9. The van der Waals surface area contributed by atoms with Gasteiger partial charge in [-0.3, -0.25) is 0 Å². The Labute approximate surface area is 146 Å². The van der Waals surface area contributed by atoms with Gasteiger partial charge in [0, 0.05) is 18.3 Å². The van der Waals surface area contributed by atoms with E-state index >= 15 is 0 Å². The Morgan fingerprint density at radius 3 is 2.35 bits per heavy atom. The summed E-state index contributed by atoms with van der Waals surface area (Å²) in [6, 6.07) is 12.4. The van der Waals surface area contributed by atoms with Crippen LogP contribution >= 0.6 is 0 Å². The molecule has 0 fully saturated rings. The van der Waals surface area contributed by atoms with Gasteiger partial charge in [-0.1, -0.05) is 18.2 Å². The number of anilines is 3. The van der Waals surface area contributed by atoms with Crippen molar-refractivity contribution in [3.63, 3.8) is 0 Å². The molecule has 134 valence electrons. The fourth-order valence-corrected chi connectivity index (χ4v) is 2.24. The number of hydrogen-bond donors (Lipinski definition) is 2. The van der Waals surface area contributed by atoms with Crippen LogP contribution in [0.25, 0.3) is 0 Å². The number of benzene rings is 2. The highest BCUT2D eigenvalue weighted by Crippen LogP contribution is 2.31. The molecule has 1 heterocycles. The van der Waals surface area contributed by atoms with Crippen LogP contribution < -0.4 is 10.6 Å². The van der Waals surface area contributed by atoms with E-state index in [-0.39, 0.29) is 11.5 Å². The Hall–Kier alpha value is -3.16. The van der Waals surface area contributed by atoms with E-state index in [1.54, 1.807) is 18.2 Å². The normalized spacial score (nSPS) is 11.2. The van der Waals surface area contributed by atoms with E-state index in [1.807, 2.05) is 0 Å². The largest absolute Gasteiger partial charge is 0.416 e. The second kappa shape index (κ2) is 7.38. The van der Waals surface area contributed by atoms with Gasteiger partial charge in [-0.2, -0.15) is 13.2 Å². The summed E-state index contributed by atoms with van der Waals surface area (Å²) in [5.41, 5.74) is 0.381. The van der Waals surface area contributed by atoms with E-state index in [0.717, 1.165) is 17.7 Å². The third-order valence-corrected chi connectivity index (χ3v) is 3.52. The monoisotopic (exact) mass is 362 g/mol. The van der Waals surface area contributed by atoms with Crippen molar-refractivity contribution < 1.29 is 17.6 Å². The van der Waals surface area contributed by atoms with Crippen molar-refractivity contribution in [3.05, 3.63) is 77.9 Å². The highest BCUT2D eigenvalue weighted by atomic mass is 19.4. The van der Waals surface area contributed by atoms with E-state index in [1.165, 1.54) is 30.6 Å². The molecule has 0 unspecified atom stereocenters. The van der Waals surface area contributed by atoms with Crippen molar-refractivity contribution >= 4 is 17.3 Å². The van der Waals surface area contributed by atoms with E-state index < -0.39 is 11.7 Å². The molecule has 4 nitrogen and oxygen atoms in total. The molecule has 0 spiro atoms. The van der Waals surface area contributed by atoms with Gasteiger partial charge in [-0.15, -0.1) is 0 Å². The van der Waals surface area contributed by atoms with Crippen LogP contribution in [0.1, 0.15) is 11.1 Å². The molecule has 3 rings (SSSR count). The molecule has 0 bridgehead atoms. The van der Waals surface area contributed by atoms with E-state index in [9.17, 15) is 17.6 Å². The average molecular weight is 362 g/mol. The van der Waals surface area contributed by atoms with Crippen molar-refractivity contribution in [2.45, 2.75) is 12.7 Å². The molecule has 0 amide bonds. The van der Waals surface area contributed by atoms with Crippen molar-refractivity contribution in [1.29, 1.82) is 0 Å². The second-order valence-electron chi connectivity index (χ2n) is 5.47. The van der Waals surface area contributed by atoms with Crippen LogP contribution in [0.2, 0.25) is 0 Å². The lowest BCUT2D eigenvalue weighted by Gasteiger charge is -2.11. The number of aromatic nitrogens is 2. The Morgan fingerprint density at radius 1 is 0.885 bits per heavy atom. The first-order chi connectivity index (χ1) is 12.4. The summed E-state index contributed by atoms with van der Waals surface area (Å²) in [5.74, 6) is 0.517. The number of hydrogen-bond acceptors (Lipinski definition) is 4. The molecule has 8 heteroatoms. The predicted molar refractivity (Wildman–Crippen MR) is 90.5 cm³/mol. The summed E-state index contributed by atoms with van der Waals surface area (Å²) in [7, 11) is 0. The number of nitrogens with one attached hydrogen (secondary N) is 2. The molecular weight excluding hydrogens is 348 g/mol. The summed E-state index contributed by atoms with van der Waals surface area (Å²) in [6.07, 6.45) is -3.12. The van der Waals surface area contributed by atoms with Crippen molar-refractivity contribution in [2.75, 3.05) is 10.6 Å². The quantitative estimate of drug-likeness (QED) is 0.628. The zero-order valence-corrected chi connectivity index (χ0v) is 13.4. The van der Waals surface area contributed by atoms with Gasteiger partial charge in [0.2, 0.25) is 0 Å². The number of alkyl halides is 3. The Balaban J connectivity index is 1.68. The first-order valence-electron chi connectivity index (χ1n) is 7.65. The molecule has 0 radical (unpaired) electrons. The summed E-state index contributed by atoms with van der Waals surface area (Å²) < 4.78 is 51.2. The highest BCUT2D eigenvalue weighted by Gasteiger charge is 2.30. The summed E-state index contributed by atoms with van der Waals surface area (Å²) in [5, 5.41) is 5.87. The fraction of sp³-hybridized carbons (Fsp3) is 0.111. The first kappa shape index (κ1) is 17.7. The standard InChI is InChI=1S/C18H14F4N4/c19-14-6-4-12(5-7-14)10-23-16-9-17(25-11-24-16)26-15-3-1-2-13(8-15)18(20,21)22/h1-9,11H,10H2,(H2,23,24,25,26). The van der Waals surface area contributed by atoms with Gasteiger partial charge in [-0.25, -0.2) is 14.4 Å². The lowest BCUT2D eigenvalue weighted by Crippen LogP contribution is -2.06. The second-order valence-corrected chi connectivity index (χ2v) is 5.47. The molecule has 2 N–H and O–H groups in total. The smallest absolute Gasteiger partial charge is 0.366 e. The molecule has 0 aliphatic rings. The lowest BCUT2D eigenvalue weighted by atomic mass is 10.2. The molecule has 1 aromatic heterocycles. The van der Waals surface area contributed by atoms with Crippen LogP contribution in [0.4, 0.5) is 34.9 Å². The molecular formula is C18H14F4N4. The van der Waals surface area contributed by atoms with E-state index in [4.69, 9.17) is 0 Å². The van der Waals surface area contributed by atoms with Gasteiger partial charge in [0.15, 0.2) is 0 Å². The SMILES string of the molecule is Fc1ccc(CNc2cc(Nc3cccc(C(F)(F)F)c3)ncn2)cc1. The molecule has 0 aliphatic heterocycles. The minimum atomic E-state index is -4.41. The zero-order valence-electron chi connectivity index (χ0n) is 13.4.